The van der Waals surface area contributed by atoms with Crippen LogP contribution in [0.3, 0.4) is 0 Å². The molecule has 5 rings (SSSR count). The lowest BCUT2D eigenvalue weighted by atomic mass is 9.95. The Morgan fingerprint density at radius 3 is 2.04 bits per heavy atom. The third-order valence-corrected chi connectivity index (χ3v) is 9.07. The Morgan fingerprint density at radius 2 is 1.51 bits per heavy atom. The molecule has 8 nitrogen and oxygen atoms in total. The fourth-order valence-electron chi connectivity index (χ4n) is 4.83. The van der Waals surface area contributed by atoms with Gasteiger partial charge in [-0.05, 0) is 40.8 Å². The minimum atomic E-state index is -4.41. The van der Waals surface area contributed by atoms with E-state index in [9.17, 15) is 32.7 Å². The molecule has 1 fully saturated rings. The van der Waals surface area contributed by atoms with Crippen LogP contribution in [0.25, 0.3) is 22.5 Å². The van der Waals surface area contributed by atoms with Gasteiger partial charge in [-0.1, -0.05) is 57.2 Å². The molecule has 2 amide bonds. The van der Waals surface area contributed by atoms with E-state index in [1.54, 1.807) is 30.3 Å². The van der Waals surface area contributed by atoms with Crippen molar-refractivity contribution >= 4 is 29.1 Å². The number of benzene rings is 2. The second-order valence-electron chi connectivity index (χ2n) is 12.0. The van der Waals surface area contributed by atoms with E-state index in [2.05, 4.69) is 36.1 Å². The van der Waals surface area contributed by atoms with Crippen molar-refractivity contribution in [3.05, 3.63) is 93.9 Å². The number of carbonyl (C=O) groups excluding carboxylic acids is 2. The summed E-state index contributed by atoms with van der Waals surface area (Å²) in [6.45, 7) is 6.34. The summed E-state index contributed by atoms with van der Waals surface area (Å²) in [6, 6.07) is 14.7. The highest BCUT2D eigenvalue weighted by Gasteiger charge is 2.39. The molecular formula is C33H31F3N4O4S. The standard InChI is InChI=1S/C33H31F3N4O4S/c1-32(2,3)27-13-12-26(45-27)29(41)39-25(30(42)40-17-23(18-40)31(43)44)14-19-4-6-21(7-5-19)28-37-15-22(16-38-28)20-8-10-24(11-9-20)33(34,35)36/h4-13,15-16,23,25H,14,17-18H2,1-3H3,(H,39,41)(H,43,44). The van der Waals surface area contributed by atoms with Crippen LogP contribution in [0.4, 0.5) is 13.2 Å². The molecule has 0 spiro atoms. The molecule has 0 saturated carbocycles. The monoisotopic (exact) mass is 636 g/mol. The van der Waals surface area contributed by atoms with Crippen LogP contribution in [0.1, 0.15) is 46.4 Å². The van der Waals surface area contributed by atoms with Crippen LogP contribution >= 0.6 is 11.3 Å². The van der Waals surface area contributed by atoms with Crippen molar-refractivity contribution in [2.75, 3.05) is 13.1 Å². The Balaban J connectivity index is 1.29. The van der Waals surface area contributed by atoms with Gasteiger partial charge in [0, 0.05) is 47.9 Å². The highest BCUT2D eigenvalue weighted by molar-refractivity contribution is 7.14. The van der Waals surface area contributed by atoms with Crippen molar-refractivity contribution in [1.82, 2.24) is 20.2 Å². The Hall–Kier alpha value is -4.58. The zero-order chi connectivity index (χ0) is 32.5. The van der Waals surface area contributed by atoms with Gasteiger partial charge in [0.1, 0.15) is 6.04 Å². The Kier molecular flexibility index (Phi) is 8.79. The zero-order valence-corrected chi connectivity index (χ0v) is 25.6. The molecule has 1 atom stereocenters. The van der Waals surface area contributed by atoms with Gasteiger partial charge in [0.2, 0.25) is 5.91 Å². The van der Waals surface area contributed by atoms with Crippen molar-refractivity contribution in [2.24, 2.45) is 5.92 Å². The van der Waals surface area contributed by atoms with Gasteiger partial charge in [-0.15, -0.1) is 11.3 Å². The summed E-state index contributed by atoms with van der Waals surface area (Å²) < 4.78 is 38.6. The van der Waals surface area contributed by atoms with E-state index >= 15 is 0 Å². The topological polar surface area (TPSA) is 112 Å². The molecule has 1 aliphatic rings. The lowest BCUT2D eigenvalue weighted by Gasteiger charge is -2.38. The molecule has 0 radical (unpaired) electrons. The van der Waals surface area contributed by atoms with E-state index < -0.39 is 29.7 Å². The number of carbonyl (C=O) groups is 3. The maximum absolute atomic E-state index is 13.4. The van der Waals surface area contributed by atoms with Gasteiger partial charge >= 0.3 is 12.1 Å². The number of likely N-dealkylation sites (tertiary alicyclic amines) is 1. The van der Waals surface area contributed by atoms with Crippen molar-refractivity contribution in [2.45, 2.75) is 44.8 Å². The highest BCUT2D eigenvalue weighted by atomic mass is 32.1. The molecule has 1 unspecified atom stereocenters. The number of aromatic nitrogens is 2. The van der Waals surface area contributed by atoms with E-state index in [4.69, 9.17) is 0 Å². The van der Waals surface area contributed by atoms with E-state index in [1.807, 2.05) is 6.07 Å². The molecule has 2 aromatic carbocycles. The van der Waals surface area contributed by atoms with E-state index in [0.717, 1.165) is 22.6 Å². The smallest absolute Gasteiger partial charge is 0.416 e. The van der Waals surface area contributed by atoms with Crippen LogP contribution in [0.2, 0.25) is 0 Å². The molecule has 2 N–H and O–H groups in total. The highest BCUT2D eigenvalue weighted by Crippen LogP contribution is 2.32. The van der Waals surface area contributed by atoms with E-state index in [-0.39, 0.29) is 36.7 Å². The third kappa shape index (κ3) is 7.39. The van der Waals surface area contributed by atoms with Crippen molar-refractivity contribution in [3.8, 4) is 22.5 Å². The number of thiophene rings is 1. The lowest BCUT2D eigenvalue weighted by molar-refractivity contribution is -0.153. The van der Waals surface area contributed by atoms with Gasteiger partial charge < -0.3 is 15.3 Å². The minimum Gasteiger partial charge on any atom is -0.481 e. The first kappa shape index (κ1) is 31.8. The summed E-state index contributed by atoms with van der Waals surface area (Å²) >= 11 is 1.37. The average Bonchev–Trinajstić information content (AvgIpc) is 3.48. The van der Waals surface area contributed by atoms with Crippen LogP contribution in [0, 0.1) is 5.92 Å². The molecule has 2 aromatic heterocycles. The van der Waals surface area contributed by atoms with Gasteiger partial charge in [0.15, 0.2) is 5.82 Å². The average molecular weight is 637 g/mol. The number of hydrogen-bond donors (Lipinski definition) is 2. The number of nitrogens with zero attached hydrogens (tertiary/aromatic N) is 3. The van der Waals surface area contributed by atoms with E-state index in [0.29, 0.717) is 27.4 Å². The number of carboxylic acid groups (broad SMARTS) is 1. The molecule has 12 heteroatoms. The Morgan fingerprint density at radius 1 is 0.911 bits per heavy atom. The van der Waals surface area contributed by atoms with Gasteiger partial charge in [-0.25, -0.2) is 9.97 Å². The van der Waals surface area contributed by atoms with Gasteiger partial charge in [-0.3, -0.25) is 14.4 Å². The Labute approximate surface area is 262 Å². The predicted octanol–water partition coefficient (Wildman–Crippen LogP) is 6.07. The van der Waals surface area contributed by atoms with Crippen LogP contribution in [0.5, 0.6) is 0 Å². The molecule has 0 aliphatic carbocycles. The number of nitrogens with one attached hydrogen (secondary N) is 1. The summed E-state index contributed by atoms with van der Waals surface area (Å²) in [5.74, 6) is -1.90. The van der Waals surface area contributed by atoms with Crippen LogP contribution in [0.15, 0.2) is 73.1 Å². The van der Waals surface area contributed by atoms with Crippen molar-refractivity contribution in [3.63, 3.8) is 0 Å². The number of rotatable bonds is 8. The summed E-state index contributed by atoms with van der Waals surface area (Å²) in [5.41, 5.74) is 1.70. The van der Waals surface area contributed by atoms with Crippen molar-refractivity contribution < 1.29 is 32.7 Å². The fraction of sp³-hybridized carbons (Fsp3) is 0.303. The van der Waals surface area contributed by atoms with Crippen LogP contribution < -0.4 is 5.32 Å². The van der Waals surface area contributed by atoms with Gasteiger partial charge in [-0.2, -0.15) is 13.2 Å². The molecular weight excluding hydrogens is 605 g/mol. The molecule has 1 aliphatic heterocycles. The number of halogens is 3. The summed E-state index contributed by atoms with van der Waals surface area (Å²) in [5, 5.41) is 12.1. The van der Waals surface area contributed by atoms with Gasteiger partial charge in [0.25, 0.3) is 5.91 Å². The van der Waals surface area contributed by atoms with Crippen LogP contribution in [-0.2, 0) is 27.6 Å². The molecule has 1 saturated heterocycles. The van der Waals surface area contributed by atoms with E-state index in [1.165, 1.54) is 40.8 Å². The normalized spacial score (nSPS) is 14.5. The number of carboxylic acids is 1. The number of amides is 2. The summed E-state index contributed by atoms with van der Waals surface area (Å²) in [7, 11) is 0. The van der Waals surface area contributed by atoms with Crippen molar-refractivity contribution in [1.29, 1.82) is 0 Å². The maximum atomic E-state index is 13.4. The second kappa shape index (κ2) is 12.4. The number of hydrogen-bond acceptors (Lipinski definition) is 6. The first-order chi connectivity index (χ1) is 21.2. The minimum absolute atomic E-state index is 0.0897. The summed E-state index contributed by atoms with van der Waals surface area (Å²) in [4.78, 5) is 49.6. The van der Waals surface area contributed by atoms with Gasteiger partial charge in [0.05, 0.1) is 16.4 Å². The largest absolute Gasteiger partial charge is 0.481 e. The second-order valence-corrected chi connectivity index (χ2v) is 13.1. The van der Waals surface area contributed by atoms with Crippen LogP contribution in [-0.4, -0.2) is 56.9 Å². The Bertz CT molecular complexity index is 1690. The molecule has 0 bridgehead atoms. The predicted molar refractivity (Wildman–Crippen MR) is 164 cm³/mol. The molecule has 4 aromatic rings. The maximum Gasteiger partial charge on any atom is 0.416 e. The fourth-order valence-corrected chi connectivity index (χ4v) is 5.80. The number of aliphatic carboxylic acids is 1. The SMILES string of the molecule is CC(C)(C)c1ccc(C(=O)NC(Cc2ccc(-c3ncc(-c4ccc(C(F)(F)F)cc4)cn3)cc2)C(=O)N2CC(C(=O)O)C2)s1. The first-order valence-corrected chi connectivity index (χ1v) is 15.0. The molecule has 234 valence electrons. The molecule has 45 heavy (non-hydrogen) atoms. The first-order valence-electron chi connectivity index (χ1n) is 14.2. The number of alkyl halides is 3. The third-order valence-electron chi connectivity index (χ3n) is 7.56. The lowest BCUT2D eigenvalue weighted by Crippen LogP contribution is -2.59. The quantitative estimate of drug-likeness (QED) is 0.243. The zero-order valence-electron chi connectivity index (χ0n) is 24.8. The molecule has 3 heterocycles. The summed E-state index contributed by atoms with van der Waals surface area (Å²) in [6.07, 6.45) is -1.15.